The second kappa shape index (κ2) is 9.28. The van der Waals surface area contributed by atoms with Gasteiger partial charge in [0, 0.05) is 11.3 Å². The highest BCUT2D eigenvalue weighted by Crippen LogP contribution is 2.27. The van der Waals surface area contributed by atoms with E-state index in [-0.39, 0.29) is 18.9 Å². The molecule has 28 heavy (non-hydrogen) atoms. The van der Waals surface area contributed by atoms with Crippen LogP contribution < -0.4 is 11.2 Å². The van der Waals surface area contributed by atoms with E-state index in [1.807, 2.05) is 6.92 Å². The molecule has 0 radical (unpaired) electrons. The molecule has 2 aromatic rings. The number of nitrogens with one attached hydrogen (secondary N) is 1. The van der Waals surface area contributed by atoms with Crippen molar-refractivity contribution in [2.75, 3.05) is 0 Å². The average molecular weight is 392 g/mol. The molecule has 1 aromatic carbocycles. The van der Waals surface area contributed by atoms with E-state index in [4.69, 9.17) is 4.74 Å². The van der Waals surface area contributed by atoms with Gasteiger partial charge in [0.2, 0.25) is 0 Å². The fraction of sp³-hybridized carbons (Fsp3) is 0.524. The number of aromatic nitrogens is 2. The summed E-state index contributed by atoms with van der Waals surface area (Å²) in [5.41, 5.74) is 0.976. The second-order valence-electron chi connectivity index (χ2n) is 7.40. The molecule has 1 aliphatic carbocycles. The summed E-state index contributed by atoms with van der Waals surface area (Å²) in [5.74, 6) is -1.39. The van der Waals surface area contributed by atoms with E-state index in [2.05, 4.69) is 4.98 Å². The van der Waals surface area contributed by atoms with Gasteiger partial charge in [-0.1, -0.05) is 45.1 Å². The topological polar surface area (TPSA) is 64.1 Å². The van der Waals surface area contributed by atoms with Gasteiger partial charge in [0.15, 0.2) is 11.6 Å². The highest BCUT2D eigenvalue weighted by molar-refractivity contribution is 5.19. The molecule has 1 saturated carbocycles. The second-order valence-corrected chi connectivity index (χ2v) is 7.40. The minimum atomic E-state index is -0.937. The van der Waals surface area contributed by atoms with Gasteiger partial charge in [-0.3, -0.25) is 14.3 Å². The van der Waals surface area contributed by atoms with E-state index in [0.29, 0.717) is 29.9 Å². The van der Waals surface area contributed by atoms with Crippen molar-refractivity contribution in [1.82, 2.24) is 9.55 Å². The van der Waals surface area contributed by atoms with Gasteiger partial charge in [0.05, 0.1) is 6.61 Å². The van der Waals surface area contributed by atoms with Crippen LogP contribution in [-0.4, -0.2) is 9.55 Å². The van der Waals surface area contributed by atoms with Crippen molar-refractivity contribution in [3.8, 4) is 0 Å². The van der Waals surface area contributed by atoms with Crippen LogP contribution in [0.25, 0.3) is 0 Å². The lowest BCUT2D eigenvalue weighted by atomic mass is 9.85. The fourth-order valence-corrected chi connectivity index (χ4v) is 3.94. The summed E-state index contributed by atoms with van der Waals surface area (Å²) in [5, 5.41) is 0. The van der Waals surface area contributed by atoms with E-state index >= 15 is 0 Å². The number of benzene rings is 1. The largest absolute Gasteiger partial charge is 0.356 e. The third-order valence-electron chi connectivity index (χ3n) is 5.45. The van der Waals surface area contributed by atoms with Crippen LogP contribution in [0.5, 0.6) is 0 Å². The molecule has 0 unspecified atom stereocenters. The molecule has 1 aliphatic rings. The van der Waals surface area contributed by atoms with Crippen molar-refractivity contribution in [2.24, 2.45) is 5.92 Å². The molecular weight excluding hydrogens is 366 g/mol. The van der Waals surface area contributed by atoms with Gasteiger partial charge in [0.1, 0.15) is 6.73 Å². The lowest BCUT2D eigenvalue weighted by Gasteiger charge is -2.24. The average Bonchev–Trinajstić information content (AvgIpc) is 2.68. The van der Waals surface area contributed by atoms with Gasteiger partial charge in [0.25, 0.3) is 5.56 Å². The van der Waals surface area contributed by atoms with Crippen LogP contribution in [0.1, 0.15) is 55.8 Å². The van der Waals surface area contributed by atoms with Crippen LogP contribution in [0.3, 0.4) is 0 Å². The zero-order valence-electron chi connectivity index (χ0n) is 16.1. The third-order valence-corrected chi connectivity index (χ3v) is 5.45. The zero-order valence-corrected chi connectivity index (χ0v) is 16.1. The van der Waals surface area contributed by atoms with Gasteiger partial charge in [-0.2, -0.15) is 0 Å². The maximum absolute atomic E-state index is 13.3. The lowest BCUT2D eigenvalue weighted by molar-refractivity contribution is 0.0579. The summed E-state index contributed by atoms with van der Waals surface area (Å²) in [6.07, 6.45) is 6.98. The van der Waals surface area contributed by atoms with Crippen LogP contribution in [0.15, 0.2) is 27.8 Å². The third kappa shape index (κ3) is 4.76. The highest BCUT2D eigenvalue weighted by Gasteiger charge is 2.20. The van der Waals surface area contributed by atoms with Gasteiger partial charge in [-0.15, -0.1) is 0 Å². The number of hydrogen-bond donors (Lipinski definition) is 1. The number of rotatable bonds is 7. The minimum absolute atomic E-state index is 0.0348. The Balaban J connectivity index is 1.80. The van der Waals surface area contributed by atoms with E-state index in [9.17, 15) is 18.4 Å². The molecule has 1 aromatic heterocycles. The molecule has 0 bridgehead atoms. The van der Waals surface area contributed by atoms with E-state index in [0.717, 1.165) is 30.7 Å². The summed E-state index contributed by atoms with van der Waals surface area (Å²) >= 11 is 0. The molecule has 1 heterocycles. The van der Waals surface area contributed by atoms with Crippen molar-refractivity contribution >= 4 is 0 Å². The number of H-pyrrole nitrogens is 1. The molecule has 1 fully saturated rings. The predicted molar refractivity (Wildman–Crippen MR) is 102 cm³/mol. The fourth-order valence-electron chi connectivity index (χ4n) is 3.94. The minimum Gasteiger partial charge on any atom is -0.356 e. The molecule has 3 rings (SSSR count). The van der Waals surface area contributed by atoms with E-state index in [1.54, 1.807) is 0 Å². The summed E-state index contributed by atoms with van der Waals surface area (Å²) in [7, 11) is 0. The molecule has 7 heteroatoms. The lowest BCUT2D eigenvalue weighted by Crippen LogP contribution is -2.37. The molecule has 0 spiro atoms. The Kier molecular flexibility index (Phi) is 6.78. The standard InChI is InChI=1S/C21H26F2N2O3/c1-2-16-19(11-14-6-4-3-5-7-14)25(21(27)24-20(16)26)13-28-12-15-8-9-17(22)18(23)10-15/h8-10,14H,2-7,11-13H2,1H3,(H,24,26,27). The molecule has 0 atom stereocenters. The van der Waals surface area contributed by atoms with Crippen molar-refractivity contribution in [3.05, 3.63) is 67.5 Å². The zero-order chi connectivity index (χ0) is 20.1. The maximum atomic E-state index is 13.3. The van der Waals surface area contributed by atoms with Gasteiger partial charge in [-0.25, -0.2) is 13.6 Å². The normalized spacial score (nSPS) is 15.1. The van der Waals surface area contributed by atoms with Crippen LogP contribution in [0, 0.1) is 17.6 Å². The van der Waals surface area contributed by atoms with Crippen LogP contribution in [0.4, 0.5) is 8.78 Å². The van der Waals surface area contributed by atoms with Crippen LogP contribution >= 0.6 is 0 Å². The van der Waals surface area contributed by atoms with E-state index < -0.39 is 17.3 Å². The highest BCUT2D eigenvalue weighted by atomic mass is 19.2. The van der Waals surface area contributed by atoms with Crippen molar-refractivity contribution in [2.45, 2.75) is 65.2 Å². The first-order chi connectivity index (χ1) is 13.5. The van der Waals surface area contributed by atoms with Crippen molar-refractivity contribution in [3.63, 3.8) is 0 Å². The molecular formula is C21H26F2N2O3. The molecule has 152 valence electrons. The van der Waals surface area contributed by atoms with Gasteiger partial charge in [-0.05, 0) is 36.5 Å². The number of nitrogens with zero attached hydrogens (tertiary/aromatic N) is 1. The number of aromatic amines is 1. The Labute approximate surface area is 162 Å². The Morgan fingerprint density at radius 3 is 2.57 bits per heavy atom. The van der Waals surface area contributed by atoms with Gasteiger partial charge >= 0.3 is 5.69 Å². The molecule has 5 nitrogen and oxygen atoms in total. The van der Waals surface area contributed by atoms with Crippen LogP contribution in [-0.2, 0) is 30.9 Å². The molecule has 1 N–H and O–H groups in total. The van der Waals surface area contributed by atoms with Crippen LogP contribution in [0.2, 0.25) is 0 Å². The summed E-state index contributed by atoms with van der Waals surface area (Å²) in [4.78, 5) is 27.1. The first-order valence-electron chi connectivity index (χ1n) is 9.86. The molecule has 0 saturated heterocycles. The molecule has 0 amide bonds. The number of halogens is 2. The summed E-state index contributed by atoms with van der Waals surface area (Å²) in [6.45, 7) is 1.88. The monoisotopic (exact) mass is 392 g/mol. The van der Waals surface area contributed by atoms with Gasteiger partial charge < -0.3 is 4.74 Å². The Hall–Kier alpha value is -2.28. The molecule has 0 aliphatic heterocycles. The quantitative estimate of drug-likeness (QED) is 0.782. The number of ether oxygens (including phenoxy) is 1. The predicted octanol–water partition coefficient (Wildman–Crippen LogP) is 3.67. The van der Waals surface area contributed by atoms with E-state index in [1.165, 1.54) is 29.9 Å². The number of hydrogen-bond acceptors (Lipinski definition) is 3. The Morgan fingerprint density at radius 2 is 1.89 bits per heavy atom. The van der Waals surface area contributed by atoms with Crippen molar-refractivity contribution < 1.29 is 13.5 Å². The first kappa shape index (κ1) is 20.5. The maximum Gasteiger partial charge on any atom is 0.330 e. The van der Waals surface area contributed by atoms with Crippen molar-refractivity contribution in [1.29, 1.82) is 0 Å². The SMILES string of the molecule is CCc1c(CC2CCCCC2)n(COCc2ccc(F)c(F)c2)c(=O)[nH]c1=O. The smallest absolute Gasteiger partial charge is 0.330 e. The first-order valence-corrected chi connectivity index (χ1v) is 9.86. The Morgan fingerprint density at radius 1 is 1.14 bits per heavy atom. The summed E-state index contributed by atoms with van der Waals surface area (Å²) < 4.78 is 33.4. The summed E-state index contributed by atoms with van der Waals surface area (Å²) in [6, 6.07) is 3.56. The Bertz CT molecular complexity index is 930.